The van der Waals surface area contributed by atoms with Gasteiger partial charge in [-0.1, -0.05) is 36.4 Å². The number of primary amides is 1. The topological polar surface area (TPSA) is 66.5 Å². The molecule has 5 nitrogen and oxygen atoms in total. The van der Waals surface area contributed by atoms with Crippen molar-refractivity contribution in [3.8, 4) is 5.75 Å². The molecule has 0 saturated heterocycles. The van der Waals surface area contributed by atoms with Crippen molar-refractivity contribution in [3.05, 3.63) is 77.4 Å². The van der Waals surface area contributed by atoms with Gasteiger partial charge >= 0.3 is 0 Å². The van der Waals surface area contributed by atoms with E-state index in [0.717, 1.165) is 38.7 Å². The molecule has 5 heteroatoms. The number of carbonyl (C=O) groups excluding carboxylic acids is 1. The summed E-state index contributed by atoms with van der Waals surface area (Å²) in [5, 5.41) is 1.88. The Morgan fingerprint density at radius 3 is 2.57 bits per heavy atom. The van der Waals surface area contributed by atoms with Crippen LogP contribution in [0.3, 0.4) is 0 Å². The quantitative estimate of drug-likeness (QED) is 0.553. The molecular formula is C23H22N2O3. The first-order valence-corrected chi connectivity index (χ1v) is 9.08. The Labute approximate surface area is 163 Å². The van der Waals surface area contributed by atoms with Crippen molar-refractivity contribution in [1.82, 2.24) is 4.57 Å². The Morgan fingerprint density at radius 1 is 1.00 bits per heavy atom. The van der Waals surface area contributed by atoms with E-state index >= 15 is 0 Å². The molecule has 1 heterocycles. The van der Waals surface area contributed by atoms with Gasteiger partial charge in [-0.15, -0.1) is 0 Å². The van der Waals surface area contributed by atoms with Crippen LogP contribution in [0.4, 0.5) is 0 Å². The second kappa shape index (κ2) is 7.37. The van der Waals surface area contributed by atoms with E-state index < -0.39 is 5.91 Å². The summed E-state index contributed by atoms with van der Waals surface area (Å²) in [6.07, 6.45) is 0. The SMILES string of the molecule is COCc1ccc2c3c(C(N)=O)cccc3n(Cc3ccccc3OC)c2c1. The van der Waals surface area contributed by atoms with Crippen molar-refractivity contribution in [2.45, 2.75) is 13.2 Å². The van der Waals surface area contributed by atoms with Crippen LogP contribution in [-0.4, -0.2) is 24.7 Å². The minimum absolute atomic E-state index is 0.428. The van der Waals surface area contributed by atoms with E-state index in [9.17, 15) is 4.79 Å². The largest absolute Gasteiger partial charge is 0.496 e. The molecule has 1 aromatic heterocycles. The number of fused-ring (bicyclic) bond motifs is 3. The molecule has 0 unspecified atom stereocenters. The van der Waals surface area contributed by atoms with Gasteiger partial charge < -0.3 is 19.8 Å². The standard InChI is InChI=1S/C23H22N2O3/c1-27-14-15-10-11-17-20(12-15)25(13-16-6-3-4-9-21(16)28-2)19-8-5-7-18(22(17)19)23(24)26/h3-12H,13-14H2,1-2H3,(H2,24,26). The van der Waals surface area contributed by atoms with E-state index in [-0.39, 0.29) is 0 Å². The summed E-state index contributed by atoms with van der Waals surface area (Å²) in [6.45, 7) is 1.14. The molecule has 28 heavy (non-hydrogen) atoms. The fourth-order valence-corrected chi connectivity index (χ4v) is 3.83. The molecule has 0 saturated carbocycles. The molecule has 0 aliphatic heterocycles. The van der Waals surface area contributed by atoms with Gasteiger partial charge in [0.25, 0.3) is 0 Å². The number of aromatic nitrogens is 1. The van der Waals surface area contributed by atoms with Crippen molar-refractivity contribution in [3.63, 3.8) is 0 Å². The van der Waals surface area contributed by atoms with Crippen molar-refractivity contribution in [1.29, 1.82) is 0 Å². The Hall–Kier alpha value is -3.31. The Balaban J connectivity index is 2.02. The lowest BCUT2D eigenvalue weighted by molar-refractivity contribution is 0.100. The van der Waals surface area contributed by atoms with Crippen LogP contribution in [0.1, 0.15) is 21.5 Å². The van der Waals surface area contributed by atoms with Crippen LogP contribution in [0.2, 0.25) is 0 Å². The number of nitrogens with two attached hydrogens (primary N) is 1. The van der Waals surface area contributed by atoms with Crippen molar-refractivity contribution in [2.24, 2.45) is 5.73 Å². The maximum Gasteiger partial charge on any atom is 0.249 e. The lowest BCUT2D eigenvalue weighted by Gasteiger charge is -2.12. The van der Waals surface area contributed by atoms with Gasteiger partial charge in [0.05, 0.1) is 25.8 Å². The van der Waals surface area contributed by atoms with E-state index in [1.807, 2.05) is 48.5 Å². The molecule has 2 N–H and O–H groups in total. The van der Waals surface area contributed by atoms with Gasteiger partial charge in [-0.3, -0.25) is 4.79 Å². The first-order valence-electron chi connectivity index (χ1n) is 9.08. The van der Waals surface area contributed by atoms with Crippen LogP contribution < -0.4 is 10.5 Å². The first kappa shape index (κ1) is 18.1. The van der Waals surface area contributed by atoms with Gasteiger partial charge in [0.2, 0.25) is 5.91 Å². The third kappa shape index (κ3) is 3.00. The minimum atomic E-state index is -0.428. The molecule has 0 bridgehead atoms. The van der Waals surface area contributed by atoms with Gasteiger partial charge in [0, 0.05) is 34.5 Å². The number of hydrogen-bond acceptors (Lipinski definition) is 3. The number of benzene rings is 3. The molecule has 0 aliphatic rings. The third-order valence-electron chi connectivity index (χ3n) is 5.05. The fraction of sp³-hybridized carbons (Fsp3) is 0.174. The Morgan fingerprint density at radius 2 is 1.82 bits per heavy atom. The number of rotatable bonds is 6. The summed E-state index contributed by atoms with van der Waals surface area (Å²) in [5.41, 5.74) is 10.3. The summed E-state index contributed by atoms with van der Waals surface area (Å²) >= 11 is 0. The van der Waals surface area contributed by atoms with E-state index in [4.69, 9.17) is 15.2 Å². The average Bonchev–Trinajstić information content (AvgIpc) is 3.02. The third-order valence-corrected chi connectivity index (χ3v) is 5.05. The minimum Gasteiger partial charge on any atom is -0.496 e. The number of methoxy groups -OCH3 is 2. The van der Waals surface area contributed by atoms with Crippen LogP contribution in [0.25, 0.3) is 21.8 Å². The molecule has 0 spiro atoms. The van der Waals surface area contributed by atoms with Crippen LogP contribution in [0, 0.1) is 0 Å². The van der Waals surface area contributed by atoms with Crippen LogP contribution in [0.5, 0.6) is 5.75 Å². The normalized spacial score (nSPS) is 11.2. The zero-order chi connectivity index (χ0) is 19.7. The highest BCUT2D eigenvalue weighted by atomic mass is 16.5. The molecule has 4 aromatic rings. The zero-order valence-corrected chi connectivity index (χ0v) is 15.9. The number of nitrogens with zero attached hydrogens (tertiary/aromatic N) is 1. The Kier molecular flexibility index (Phi) is 4.75. The number of carbonyl (C=O) groups is 1. The summed E-state index contributed by atoms with van der Waals surface area (Å²) in [6, 6.07) is 19.8. The second-order valence-corrected chi connectivity index (χ2v) is 6.75. The second-order valence-electron chi connectivity index (χ2n) is 6.75. The predicted octanol–water partition coefficient (Wildman–Crippen LogP) is 4.10. The van der Waals surface area contributed by atoms with E-state index in [2.05, 4.69) is 10.6 Å². The van der Waals surface area contributed by atoms with E-state index in [1.54, 1.807) is 20.3 Å². The molecule has 0 radical (unpaired) electrons. The van der Waals surface area contributed by atoms with Gasteiger partial charge in [-0.2, -0.15) is 0 Å². The highest BCUT2D eigenvalue weighted by molar-refractivity contribution is 6.18. The van der Waals surface area contributed by atoms with Crippen molar-refractivity contribution >= 4 is 27.7 Å². The van der Waals surface area contributed by atoms with E-state index in [1.165, 1.54) is 0 Å². The Bertz CT molecular complexity index is 1180. The smallest absolute Gasteiger partial charge is 0.249 e. The fourth-order valence-electron chi connectivity index (χ4n) is 3.83. The molecule has 4 rings (SSSR count). The number of hydrogen-bond donors (Lipinski definition) is 1. The van der Waals surface area contributed by atoms with Crippen LogP contribution in [0.15, 0.2) is 60.7 Å². The summed E-state index contributed by atoms with van der Waals surface area (Å²) < 4.78 is 13.0. The van der Waals surface area contributed by atoms with Gasteiger partial charge in [0.1, 0.15) is 5.75 Å². The highest BCUT2D eigenvalue weighted by Gasteiger charge is 2.17. The van der Waals surface area contributed by atoms with Crippen molar-refractivity contribution < 1.29 is 14.3 Å². The number of ether oxygens (including phenoxy) is 2. The van der Waals surface area contributed by atoms with Gasteiger partial charge in [-0.25, -0.2) is 0 Å². The summed E-state index contributed by atoms with van der Waals surface area (Å²) in [5.74, 6) is 0.402. The highest BCUT2D eigenvalue weighted by Crippen LogP contribution is 2.34. The summed E-state index contributed by atoms with van der Waals surface area (Å²) in [7, 11) is 3.35. The molecule has 1 amide bonds. The zero-order valence-electron chi connectivity index (χ0n) is 15.9. The molecule has 3 aromatic carbocycles. The maximum atomic E-state index is 12.1. The lowest BCUT2D eigenvalue weighted by atomic mass is 10.0. The summed E-state index contributed by atoms with van der Waals surface area (Å²) in [4.78, 5) is 12.1. The monoisotopic (exact) mass is 374 g/mol. The van der Waals surface area contributed by atoms with Gasteiger partial charge in [0.15, 0.2) is 0 Å². The number of para-hydroxylation sites is 1. The van der Waals surface area contributed by atoms with Crippen LogP contribution >= 0.6 is 0 Å². The molecule has 142 valence electrons. The molecule has 0 fully saturated rings. The van der Waals surface area contributed by atoms with Crippen molar-refractivity contribution in [2.75, 3.05) is 14.2 Å². The molecule has 0 atom stereocenters. The van der Waals surface area contributed by atoms with Crippen LogP contribution in [-0.2, 0) is 17.9 Å². The average molecular weight is 374 g/mol. The first-order chi connectivity index (χ1) is 13.6. The maximum absolute atomic E-state index is 12.1. The molecular weight excluding hydrogens is 352 g/mol. The lowest BCUT2D eigenvalue weighted by Crippen LogP contribution is -2.11. The van der Waals surface area contributed by atoms with E-state index in [0.29, 0.717) is 18.7 Å². The predicted molar refractivity (Wildman–Crippen MR) is 111 cm³/mol. The van der Waals surface area contributed by atoms with Gasteiger partial charge in [-0.05, 0) is 29.8 Å². The number of amides is 1. The molecule has 0 aliphatic carbocycles.